The van der Waals surface area contributed by atoms with E-state index in [-0.39, 0.29) is 6.17 Å². The summed E-state index contributed by atoms with van der Waals surface area (Å²) in [5, 5.41) is 0. The van der Waals surface area contributed by atoms with Gasteiger partial charge in [-0.1, -0.05) is 32.0 Å². The standard InChI is InChI=1S/C13H16N2/c1-11(2)13-14-9-6-10-15(13)12-7-4-3-5-8-12/h3-11,13H,1-2H3. The number of anilines is 1. The van der Waals surface area contributed by atoms with Crippen LogP contribution >= 0.6 is 0 Å². The van der Waals surface area contributed by atoms with Gasteiger partial charge in [-0.2, -0.15) is 0 Å². The Labute approximate surface area is 90.9 Å². The number of benzene rings is 1. The summed E-state index contributed by atoms with van der Waals surface area (Å²) in [5.41, 5.74) is 1.20. The van der Waals surface area contributed by atoms with Crippen molar-refractivity contribution in [2.45, 2.75) is 20.0 Å². The fourth-order valence-electron chi connectivity index (χ4n) is 1.76. The molecular weight excluding hydrogens is 184 g/mol. The van der Waals surface area contributed by atoms with Crippen LogP contribution in [-0.2, 0) is 0 Å². The SMILES string of the molecule is CC(C)C1N=CC=CN1c1ccccc1. The van der Waals surface area contributed by atoms with Crippen molar-refractivity contribution in [2.24, 2.45) is 10.9 Å². The van der Waals surface area contributed by atoms with Gasteiger partial charge in [-0.05, 0) is 24.1 Å². The Morgan fingerprint density at radius 1 is 1.20 bits per heavy atom. The van der Waals surface area contributed by atoms with Crippen LogP contribution in [0.25, 0.3) is 0 Å². The molecule has 0 fully saturated rings. The quantitative estimate of drug-likeness (QED) is 0.716. The van der Waals surface area contributed by atoms with Gasteiger partial charge in [-0.3, -0.25) is 4.99 Å². The normalized spacial score (nSPS) is 19.9. The third kappa shape index (κ3) is 2.09. The number of aliphatic imine (C=N–C) groups is 1. The van der Waals surface area contributed by atoms with Crippen LogP contribution in [0.5, 0.6) is 0 Å². The molecular formula is C13H16N2. The van der Waals surface area contributed by atoms with Crippen molar-refractivity contribution in [3.8, 4) is 0 Å². The molecule has 0 bridgehead atoms. The molecule has 1 unspecified atom stereocenters. The van der Waals surface area contributed by atoms with Crippen LogP contribution in [0.2, 0.25) is 0 Å². The molecule has 1 aliphatic rings. The van der Waals surface area contributed by atoms with Crippen molar-refractivity contribution in [3.05, 3.63) is 42.6 Å². The molecule has 0 saturated heterocycles. The zero-order valence-electron chi connectivity index (χ0n) is 9.17. The predicted octanol–water partition coefficient (Wildman–Crippen LogP) is 3.07. The molecule has 2 rings (SSSR count). The molecule has 1 atom stereocenters. The van der Waals surface area contributed by atoms with Crippen LogP contribution in [0.1, 0.15) is 13.8 Å². The highest BCUT2D eigenvalue weighted by molar-refractivity contribution is 5.74. The zero-order chi connectivity index (χ0) is 10.7. The average molecular weight is 200 g/mol. The van der Waals surface area contributed by atoms with Crippen LogP contribution in [-0.4, -0.2) is 12.4 Å². The monoisotopic (exact) mass is 200 g/mol. The molecule has 2 nitrogen and oxygen atoms in total. The predicted molar refractivity (Wildman–Crippen MR) is 65.2 cm³/mol. The molecule has 2 heteroatoms. The average Bonchev–Trinajstić information content (AvgIpc) is 2.30. The molecule has 1 aliphatic heterocycles. The first-order valence-corrected chi connectivity index (χ1v) is 5.32. The maximum Gasteiger partial charge on any atom is 0.127 e. The van der Waals surface area contributed by atoms with Gasteiger partial charge in [0.2, 0.25) is 0 Å². The molecule has 1 heterocycles. The topological polar surface area (TPSA) is 15.6 Å². The molecule has 0 aliphatic carbocycles. The lowest BCUT2D eigenvalue weighted by molar-refractivity contribution is 0.498. The highest BCUT2D eigenvalue weighted by Crippen LogP contribution is 2.23. The summed E-state index contributed by atoms with van der Waals surface area (Å²) in [4.78, 5) is 6.71. The number of hydrogen-bond acceptors (Lipinski definition) is 2. The first kappa shape index (κ1) is 9.97. The fraction of sp³-hybridized carbons (Fsp3) is 0.308. The van der Waals surface area contributed by atoms with Crippen LogP contribution in [0.3, 0.4) is 0 Å². The van der Waals surface area contributed by atoms with Crippen LogP contribution in [0, 0.1) is 5.92 Å². The van der Waals surface area contributed by atoms with E-state index in [2.05, 4.69) is 54.2 Å². The summed E-state index contributed by atoms with van der Waals surface area (Å²) in [6.45, 7) is 4.38. The Kier molecular flexibility index (Phi) is 2.86. The lowest BCUT2D eigenvalue weighted by atomic mass is 10.1. The summed E-state index contributed by atoms with van der Waals surface area (Å²) in [6.07, 6.45) is 6.17. The van der Waals surface area contributed by atoms with Crippen LogP contribution in [0.4, 0.5) is 5.69 Å². The zero-order valence-corrected chi connectivity index (χ0v) is 9.17. The van der Waals surface area contributed by atoms with Crippen molar-refractivity contribution in [1.29, 1.82) is 0 Å². The Hall–Kier alpha value is -1.57. The molecule has 0 aromatic heterocycles. The van der Waals surface area contributed by atoms with E-state index >= 15 is 0 Å². The van der Waals surface area contributed by atoms with E-state index < -0.39 is 0 Å². The lowest BCUT2D eigenvalue weighted by Crippen LogP contribution is -2.35. The highest BCUT2D eigenvalue weighted by atomic mass is 15.2. The summed E-state index contributed by atoms with van der Waals surface area (Å²) in [7, 11) is 0. The molecule has 0 amide bonds. The van der Waals surface area contributed by atoms with Crippen molar-refractivity contribution in [1.82, 2.24) is 0 Å². The van der Waals surface area contributed by atoms with Gasteiger partial charge >= 0.3 is 0 Å². The van der Waals surface area contributed by atoms with Gasteiger partial charge in [0.15, 0.2) is 0 Å². The van der Waals surface area contributed by atoms with Gasteiger partial charge in [0, 0.05) is 18.1 Å². The summed E-state index contributed by atoms with van der Waals surface area (Å²) >= 11 is 0. The Bertz CT molecular complexity index is 365. The van der Waals surface area contributed by atoms with Crippen molar-refractivity contribution < 1.29 is 0 Å². The molecule has 0 radical (unpaired) electrons. The summed E-state index contributed by atoms with van der Waals surface area (Å²) in [5.74, 6) is 0.506. The van der Waals surface area contributed by atoms with Gasteiger partial charge in [-0.25, -0.2) is 0 Å². The summed E-state index contributed by atoms with van der Waals surface area (Å²) in [6, 6.07) is 10.4. The van der Waals surface area contributed by atoms with Crippen molar-refractivity contribution >= 4 is 11.9 Å². The molecule has 1 aromatic rings. The van der Waals surface area contributed by atoms with Gasteiger partial charge in [0.1, 0.15) is 6.17 Å². The highest BCUT2D eigenvalue weighted by Gasteiger charge is 2.20. The van der Waals surface area contributed by atoms with Crippen molar-refractivity contribution in [3.63, 3.8) is 0 Å². The van der Waals surface area contributed by atoms with E-state index in [4.69, 9.17) is 0 Å². The molecule has 15 heavy (non-hydrogen) atoms. The van der Waals surface area contributed by atoms with Crippen LogP contribution in [0.15, 0.2) is 47.6 Å². The molecule has 1 aromatic carbocycles. The third-order valence-corrected chi connectivity index (χ3v) is 2.51. The first-order valence-electron chi connectivity index (χ1n) is 5.32. The van der Waals surface area contributed by atoms with E-state index in [0.717, 1.165) is 0 Å². The minimum absolute atomic E-state index is 0.220. The fourth-order valence-corrected chi connectivity index (χ4v) is 1.76. The second-order valence-corrected chi connectivity index (χ2v) is 4.04. The van der Waals surface area contributed by atoms with Gasteiger partial charge < -0.3 is 4.90 Å². The second kappa shape index (κ2) is 4.30. The number of para-hydroxylation sites is 1. The molecule has 0 spiro atoms. The Morgan fingerprint density at radius 2 is 1.93 bits per heavy atom. The number of hydrogen-bond donors (Lipinski definition) is 0. The molecule has 78 valence electrons. The smallest absolute Gasteiger partial charge is 0.127 e. The largest absolute Gasteiger partial charge is 0.325 e. The maximum atomic E-state index is 4.50. The maximum absolute atomic E-state index is 4.50. The molecule has 0 N–H and O–H groups in total. The van der Waals surface area contributed by atoms with E-state index in [1.54, 1.807) is 0 Å². The Morgan fingerprint density at radius 3 is 2.60 bits per heavy atom. The summed E-state index contributed by atoms with van der Waals surface area (Å²) < 4.78 is 0. The molecule has 0 saturated carbocycles. The van der Waals surface area contributed by atoms with Gasteiger partial charge in [0.25, 0.3) is 0 Å². The number of allylic oxidation sites excluding steroid dienone is 1. The van der Waals surface area contributed by atoms with E-state index in [9.17, 15) is 0 Å². The van der Waals surface area contributed by atoms with E-state index in [0.29, 0.717) is 5.92 Å². The second-order valence-electron chi connectivity index (χ2n) is 4.04. The minimum Gasteiger partial charge on any atom is -0.325 e. The number of rotatable bonds is 2. The van der Waals surface area contributed by atoms with Gasteiger partial charge in [0.05, 0.1) is 0 Å². The van der Waals surface area contributed by atoms with Crippen LogP contribution < -0.4 is 4.90 Å². The third-order valence-electron chi connectivity index (χ3n) is 2.51. The van der Waals surface area contributed by atoms with Crippen molar-refractivity contribution in [2.75, 3.05) is 4.90 Å². The Balaban J connectivity index is 2.28. The first-order chi connectivity index (χ1) is 7.29. The number of nitrogens with zero attached hydrogens (tertiary/aromatic N) is 2. The van der Waals surface area contributed by atoms with E-state index in [1.165, 1.54) is 5.69 Å². The minimum atomic E-state index is 0.220. The lowest BCUT2D eigenvalue weighted by Gasteiger charge is -2.32. The van der Waals surface area contributed by atoms with Gasteiger partial charge in [-0.15, -0.1) is 0 Å². The van der Waals surface area contributed by atoms with E-state index in [1.807, 2.05) is 18.4 Å².